The summed E-state index contributed by atoms with van der Waals surface area (Å²) in [6, 6.07) is 9.85. The highest BCUT2D eigenvalue weighted by molar-refractivity contribution is 5.99. The van der Waals surface area contributed by atoms with E-state index in [-0.39, 0.29) is 18.8 Å². The number of nitrogens with zero attached hydrogens (tertiary/aromatic N) is 2. The van der Waals surface area contributed by atoms with Crippen LogP contribution in [0.2, 0.25) is 0 Å². The summed E-state index contributed by atoms with van der Waals surface area (Å²) in [6.07, 6.45) is 2.82. The van der Waals surface area contributed by atoms with Crippen LogP contribution in [0.1, 0.15) is 5.56 Å². The molecule has 22 heavy (non-hydrogen) atoms. The number of allylic oxidation sites excluding steroid dienone is 1. The van der Waals surface area contributed by atoms with E-state index in [1.807, 2.05) is 37.3 Å². The standard InChI is InChI=1S/C16H20N6/c1-12-3-5-14(6-4-12)22-13(2)9-16(21-8-7-17)15(19)10-20-11-18/h3-6,9,11,19,21-22H,2,8,10H2,1H3,(H2,18,20)/b16-9+,19-15?. The van der Waals surface area contributed by atoms with Gasteiger partial charge >= 0.3 is 0 Å². The summed E-state index contributed by atoms with van der Waals surface area (Å²) >= 11 is 0. The zero-order valence-corrected chi connectivity index (χ0v) is 12.6. The topological polar surface area (TPSA) is 110 Å². The highest BCUT2D eigenvalue weighted by Crippen LogP contribution is 2.12. The number of benzene rings is 1. The summed E-state index contributed by atoms with van der Waals surface area (Å²) in [7, 11) is 0. The maximum absolute atomic E-state index is 8.67. The fourth-order valence-electron chi connectivity index (χ4n) is 1.64. The van der Waals surface area contributed by atoms with Crippen LogP contribution in [0.4, 0.5) is 5.69 Å². The molecule has 0 aliphatic carbocycles. The lowest BCUT2D eigenvalue weighted by molar-refractivity contribution is 0.945. The number of hydrogen-bond donors (Lipinski definition) is 4. The van der Waals surface area contributed by atoms with Gasteiger partial charge in [-0.15, -0.1) is 0 Å². The van der Waals surface area contributed by atoms with Crippen molar-refractivity contribution in [2.75, 3.05) is 18.4 Å². The van der Waals surface area contributed by atoms with Gasteiger partial charge in [-0.3, -0.25) is 4.99 Å². The van der Waals surface area contributed by atoms with E-state index in [2.05, 4.69) is 22.2 Å². The Balaban J connectivity index is 2.80. The molecule has 6 heteroatoms. The molecule has 0 saturated heterocycles. The molecular formula is C16H20N6. The van der Waals surface area contributed by atoms with E-state index in [1.54, 1.807) is 6.08 Å². The Labute approximate surface area is 130 Å². The van der Waals surface area contributed by atoms with Gasteiger partial charge in [0.05, 0.1) is 30.4 Å². The van der Waals surface area contributed by atoms with Gasteiger partial charge in [-0.2, -0.15) is 5.26 Å². The molecule has 0 aliphatic heterocycles. The van der Waals surface area contributed by atoms with Crippen molar-refractivity contribution in [3.63, 3.8) is 0 Å². The number of nitrogens with one attached hydrogen (secondary N) is 3. The van der Waals surface area contributed by atoms with E-state index < -0.39 is 0 Å². The molecule has 0 bridgehead atoms. The van der Waals surface area contributed by atoms with Crippen LogP contribution in [-0.4, -0.2) is 25.1 Å². The number of aliphatic imine (C=N–C) groups is 1. The van der Waals surface area contributed by atoms with Gasteiger partial charge in [0, 0.05) is 11.4 Å². The lowest BCUT2D eigenvalue weighted by Gasteiger charge is -2.11. The van der Waals surface area contributed by atoms with Crippen molar-refractivity contribution in [3.8, 4) is 6.07 Å². The number of hydrogen-bond acceptors (Lipinski definition) is 5. The van der Waals surface area contributed by atoms with Crippen LogP contribution in [-0.2, 0) is 0 Å². The van der Waals surface area contributed by atoms with Crippen LogP contribution in [0.25, 0.3) is 0 Å². The average Bonchev–Trinajstić information content (AvgIpc) is 2.51. The maximum atomic E-state index is 8.67. The monoisotopic (exact) mass is 296 g/mol. The number of aryl methyl sites for hydroxylation is 1. The average molecular weight is 296 g/mol. The Morgan fingerprint density at radius 1 is 1.45 bits per heavy atom. The number of nitrogens with two attached hydrogens (primary N) is 1. The zero-order valence-electron chi connectivity index (χ0n) is 12.6. The predicted molar refractivity (Wildman–Crippen MR) is 90.9 cm³/mol. The molecule has 0 saturated carbocycles. The van der Waals surface area contributed by atoms with Crippen molar-refractivity contribution in [1.82, 2.24) is 5.32 Å². The number of anilines is 1. The van der Waals surface area contributed by atoms with Crippen molar-refractivity contribution in [3.05, 3.63) is 53.9 Å². The van der Waals surface area contributed by atoms with Crippen LogP contribution in [0, 0.1) is 23.7 Å². The van der Waals surface area contributed by atoms with Gasteiger partial charge in [-0.25, -0.2) is 0 Å². The smallest absolute Gasteiger partial charge is 0.103 e. The minimum Gasteiger partial charge on any atom is -0.390 e. The van der Waals surface area contributed by atoms with E-state index >= 15 is 0 Å². The largest absolute Gasteiger partial charge is 0.390 e. The fraction of sp³-hybridized carbons (Fsp3) is 0.188. The van der Waals surface area contributed by atoms with Gasteiger partial charge in [0.15, 0.2) is 0 Å². The number of rotatable bonds is 8. The Morgan fingerprint density at radius 2 is 2.14 bits per heavy atom. The van der Waals surface area contributed by atoms with Crippen LogP contribution >= 0.6 is 0 Å². The summed E-state index contributed by atoms with van der Waals surface area (Å²) in [6.45, 7) is 6.16. The van der Waals surface area contributed by atoms with Gasteiger partial charge in [-0.05, 0) is 25.1 Å². The lowest BCUT2D eigenvalue weighted by atomic mass is 10.2. The molecule has 1 aromatic carbocycles. The van der Waals surface area contributed by atoms with E-state index in [0.29, 0.717) is 11.4 Å². The van der Waals surface area contributed by atoms with Crippen LogP contribution < -0.4 is 16.4 Å². The third-order valence-electron chi connectivity index (χ3n) is 2.71. The van der Waals surface area contributed by atoms with Gasteiger partial charge in [-0.1, -0.05) is 24.3 Å². The van der Waals surface area contributed by atoms with Gasteiger partial charge in [0.2, 0.25) is 0 Å². The second kappa shape index (κ2) is 8.97. The highest BCUT2D eigenvalue weighted by atomic mass is 14.9. The minimum absolute atomic E-state index is 0.0956. The zero-order chi connectivity index (χ0) is 16.4. The Kier molecular flexibility index (Phi) is 6.93. The first kappa shape index (κ1) is 17.0. The highest BCUT2D eigenvalue weighted by Gasteiger charge is 2.05. The molecule has 6 nitrogen and oxygen atoms in total. The summed E-state index contributed by atoms with van der Waals surface area (Å²) in [4.78, 5) is 3.82. The summed E-state index contributed by atoms with van der Waals surface area (Å²) in [5, 5.41) is 22.6. The molecule has 0 fully saturated rings. The Hall–Kier alpha value is -3.07. The van der Waals surface area contributed by atoms with Crippen LogP contribution in [0.15, 0.2) is 53.3 Å². The van der Waals surface area contributed by atoms with Crippen molar-refractivity contribution in [2.24, 2.45) is 10.7 Å². The van der Waals surface area contributed by atoms with E-state index in [4.69, 9.17) is 16.4 Å². The normalized spacial score (nSPS) is 11.0. The van der Waals surface area contributed by atoms with Crippen LogP contribution in [0.3, 0.4) is 0 Å². The van der Waals surface area contributed by atoms with Crippen molar-refractivity contribution < 1.29 is 0 Å². The van der Waals surface area contributed by atoms with Crippen molar-refractivity contribution in [2.45, 2.75) is 6.92 Å². The third kappa shape index (κ3) is 5.92. The lowest BCUT2D eigenvalue weighted by Crippen LogP contribution is -2.23. The predicted octanol–water partition coefficient (Wildman–Crippen LogP) is 1.92. The molecule has 0 atom stereocenters. The molecule has 5 N–H and O–H groups in total. The van der Waals surface area contributed by atoms with Crippen LogP contribution in [0.5, 0.6) is 0 Å². The van der Waals surface area contributed by atoms with E-state index in [0.717, 1.165) is 12.0 Å². The quantitative estimate of drug-likeness (QED) is 0.254. The van der Waals surface area contributed by atoms with Gasteiger partial charge in [0.1, 0.15) is 6.54 Å². The first-order valence-electron chi connectivity index (χ1n) is 6.69. The molecule has 1 rings (SSSR count). The first-order chi connectivity index (χ1) is 10.6. The Bertz CT molecular complexity index is 619. The molecule has 1 aromatic rings. The third-order valence-corrected chi connectivity index (χ3v) is 2.71. The SMILES string of the molecule is C=C(/C=C(/NCC#N)C(=N)CN=CN)Nc1ccc(C)cc1. The summed E-state index contributed by atoms with van der Waals surface area (Å²) < 4.78 is 0. The molecule has 0 aliphatic rings. The molecular weight excluding hydrogens is 276 g/mol. The molecule has 0 radical (unpaired) electrons. The first-order valence-corrected chi connectivity index (χ1v) is 6.69. The van der Waals surface area contributed by atoms with Gasteiger partial charge in [0.25, 0.3) is 0 Å². The summed E-state index contributed by atoms with van der Waals surface area (Å²) in [5.41, 5.74) is 8.57. The molecule has 0 amide bonds. The van der Waals surface area contributed by atoms with E-state index in [1.165, 1.54) is 5.56 Å². The second-order valence-electron chi connectivity index (χ2n) is 4.55. The minimum atomic E-state index is 0.0956. The Morgan fingerprint density at radius 3 is 2.73 bits per heavy atom. The second-order valence-corrected chi connectivity index (χ2v) is 4.55. The van der Waals surface area contributed by atoms with Crippen molar-refractivity contribution in [1.29, 1.82) is 10.7 Å². The molecule has 0 aromatic heterocycles. The molecule has 0 heterocycles. The number of nitriles is 1. The molecule has 0 unspecified atom stereocenters. The summed E-state index contributed by atoms with van der Waals surface area (Å²) in [5.74, 6) is 0. The molecule has 0 spiro atoms. The van der Waals surface area contributed by atoms with Gasteiger partial charge < -0.3 is 21.8 Å². The molecule has 114 valence electrons. The maximum Gasteiger partial charge on any atom is 0.103 e. The van der Waals surface area contributed by atoms with Crippen molar-refractivity contribution >= 4 is 17.7 Å². The fourth-order valence-corrected chi connectivity index (χ4v) is 1.64. The van der Waals surface area contributed by atoms with E-state index in [9.17, 15) is 0 Å².